The first kappa shape index (κ1) is 14.0. The molecular formula is C16H14ClFN2O. The summed E-state index contributed by atoms with van der Waals surface area (Å²) in [4.78, 5) is 2.11. The normalized spacial score (nSPS) is 11.4. The van der Waals surface area contributed by atoms with Crippen molar-refractivity contribution < 1.29 is 8.91 Å². The molecule has 5 heteroatoms. The number of fused-ring (bicyclic) bond motifs is 1. The van der Waals surface area contributed by atoms with E-state index in [1.54, 1.807) is 6.07 Å². The Morgan fingerprint density at radius 2 is 1.90 bits per heavy atom. The molecule has 21 heavy (non-hydrogen) atoms. The van der Waals surface area contributed by atoms with Gasteiger partial charge in [0.25, 0.3) is 0 Å². The molecule has 0 spiro atoms. The van der Waals surface area contributed by atoms with Crippen LogP contribution in [0.4, 0.5) is 4.39 Å². The van der Waals surface area contributed by atoms with Crippen LogP contribution in [-0.4, -0.2) is 17.1 Å². The predicted molar refractivity (Wildman–Crippen MR) is 80.6 cm³/mol. The zero-order chi connectivity index (χ0) is 14.8. The minimum atomic E-state index is -0.320. The molecule has 1 aromatic heterocycles. The lowest BCUT2D eigenvalue weighted by molar-refractivity contribution is 0.306. The maximum atomic E-state index is 13.1. The van der Waals surface area contributed by atoms with Crippen LogP contribution < -0.4 is 0 Å². The molecular weight excluding hydrogens is 291 g/mol. The Morgan fingerprint density at radius 1 is 1.14 bits per heavy atom. The zero-order valence-electron chi connectivity index (χ0n) is 11.5. The van der Waals surface area contributed by atoms with E-state index >= 15 is 0 Å². The van der Waals surface area contributed by atoms with Crippen molar-refractivity contribution >= 4 is 22.6 Å². The Hall–Kier alpha value is -1.91. The Labute approximate surface area is 126 Å². The van der Waals surface area contributed by atoms with Gasteiger partial charge >= 0.3 is 0 Å². The van der Waals surface area contributed by atoms with E-state index in [4.69, 9.17) is 16.1 Å². The molecule has 3 rings (SSSR count). The maximum absolute atomic E-state index is 13.1. The van der Waals surface area contributed by atoms with Crippen molar-refractivity contribution in [3.05, 3.63) is 64.6 Å². The molecule has 0 aliphatic heterocycles. The Bertz CT molecular complexity index is 755. The molecule has 0 bridgehead atoms. The monoisotopic (exact) mass is 304 g/mol. The molecule has 0 atom stereocenters. The fraction of sp³-hybridized carbons (Fsp3) is 0.188. The van der Waals surface area contributed by atoms with Crippen LogP contribution in [0.2, 0.25) is 5.02 Å². The Balaban J connectivity index is 1.74. The van der Waals surface area contributed by atoms with Crippen LogP contribution in [0.3, 0.4) is 0 Å². The summed E-state index contributed by atoms with van der Waals surface area (Å²) in [5.74, 6) is -0.320. The summed E-state index contributed by atoms with van der Waals surface area (Å²) in [5, 5.41) is 5.60. The van der Waals surface area contributed by atoms with E-state index in [0.717, 1.165) is 22.6 Å². The van der Waals surface area contributed by atoms with E-state index in [0.29, 0.717) is 12.1 Å². The summed E-state index contributed by atoms with van der Waals surface area (Å²) >= 11 is 5.87. The van der Waals surface area contributed by atoms with E-state index < -0.39 is 0 Å². The van der Waals surface area contributed by atoms with Crippen LogP contribution in [0.25, 0.3) is 11.0 Å². The smallest absolute Gasteiger partial charge is 0.170 e. The third kappa shape index (κ3) is 3.23. The number of aromatic nitrogens is 1. The van der Waals surface area contributed by atoms with Crippen molar-refractivity contribution in [2.45, 2.75) is 13.1 Å². The summed E-state index contributed by atoms with van der Waals surface area (Å²) in [7, 11) is 2.00. The van der Waals surface area contributed by atoms with Crippen molar-refractivity contribution in [2.24, 2.45) is 0 Å². The Morgan fingerprint density at radius 3 is 2.67 bits per heavy atom. The molecule has 3 aromatic rings. The molecule has 0 amide bonds. The van der Waals surface area contributed by atoms with Crippen molar-refractivity contribution in [1.82, 2.24) is 10.1 Å². The van der Waals surface area contributed by atoms with Crippen LogP contribution in [0.15, 0.2) is 47.0 Å². The molecule has 0 fully saturated rings. The molecule has 0 radical (unpaired) electrons. The average Bonchev–Trinajstić information content (AvgIpc) is 2.83. The van der Waals surface area contributed by atoms with Gasteiger partial charge in [0, 0.05) is 29.6 Å². The van der Waals surface area contributed by atoms with Gasteiger partial charge in [0.2, 0.25) is 0 Å². The van der Waals surface area contributed by atoms with Crippen molar-refractivity contribution in [3.8, 4) is 0 Å². The number of benzene rings is 2. The summed E-state index contributed by atoms with van der Waals surface area (Å²) in [5.41, 5.74) is 2.45. The van der Waals surface area contributed by atoms with E-state index in [2.05, 4.69) is 10.1 Å². The fourth-order valence-electron chi connectivity index (χ4n) is 2.29. The van der Waals surface area contributed by atoms with Crippen molar-refractivity contribution in [2.75, 3.05) is 7.05 Å². The molecule has 0 unspecified atom stereocenters. The van der Waals surface area contributed by atoms with Crippen molar-refractivity contribution in [3.63, 3.8) is 0 Å². The van der Waals surface area contributed by atoms with Crippen LogP contribution in [0.1, 0.15) is 11.3 Å². The highest BCUT2D eigenvalue weighted by Crippen LogP contribution is 2.21. The highest BCUT2D eigenvalue weighted by molar-refractivity contribution is 6.30. The molecule has 0 N–H and O–H groups in total. The standard InChI is InChI=1S/C16H14ClFN2O/c1-20(9-11-2-4-12(17)5-3-11)10-15-14-7-6-13(18)8-16(14)21-19-15/h2-8H,9-10H2,1H3. The van der Waals surface area contributed by atoms with Crippen molar-refractivity contribution in [1.29, 1.82) is 0 Å². The topological polar surface area (TPSA) is 29.3 Å². The van der Waals surface area contributed by atoms with Crippen LogP contribution in [0.5, 0.6) is 0 Å². The Kier molecular flexibility index (Phi) is 3.90. The number of halogens is 2. The molecule has 0 aliphatic carbocycles. The van der Waals surface area contributed by atoms with Gasteiger partial charge in [-0.25, -0.2) is 4.39 Å². The predicted octanol–water partition coefficient (Wildman–Crippen LogP) is 4.25. The summed E-state index contributed by atoms with van der Waals surface area (Å²) in [6.07, 6.45) is 0. The van der Waals surface area contributed by atoms with E-state index in [1.165, 1.54) is 17.7 Å². The molecule has 3 nitrogen and oxygen atoms in total. The van der Waals surface area contributed by atoms with Gasteiger partial charge < -0.3 is 4.52 Å². The van der Waals surface area contributed by atoms with E-state index in [1.807, 2.05) is 31.3 Å². The maximum Gasteiger partial charge on any atom is 0.170 e. The van der Waals surface area contributed by atoms with Gasteiger partial charge in [-0.3, -0.25) is 4.90 Å². The second kappa shape index (κ2) is 5.84. The molecule has 1 heterocycles. The zero-order valence-corrected chi connectivity index (χ0v) is 12.3. The van der Waals surface area contributed by atoms with Crippen LogP contribution in [0, 0.1) is 5.82 Å². The largest absolute Gasteiger partial charge is 0.356 e. The fourth-order valence-corrected chi connectivity index (χ4v) is 2.42. The summed E-state index contributed by atoms with van der Waals surface area (Å²) in [6, 6.07) is 12.2. The van der Waals surface area contributed by atoms with Gasteiger partial charge in [0.1, 0.15) is 11.5 Å². The van der Waals surface area contributed by atoms with Gasteiger partial charge in [-0.2, -0.15) is 0 Å². The first-order valence-electron chi connectivity index (χ1n) is 6.58. The van der Waals surface area contributed by atoms with E-state index in [-0.39, 0.29) is 5.82 Å². The number of hydrogen-bond donors (Lipinski definition) is 0. The molecule has 0 saturated heterocycles. The third-order valence-corrected chi connectivity index (χ3v) is 3.55. The summed E-state index contributed by atoms with van der Waals surface area (Å²) < 4.78 is 18.3. The SMILES string of the molecule is CN(Cc1ccc(Cl)cc1)Cc1noc2cc(F)ccc12. The van der Waals surface area contributed by atoms with E-state index in [9.17, 15) is 4.39 Å². The lowest BCUT2D eigenvalue weighted by atomic mass is 10.2. The lowest BCUT2D eigenvalue weighted by Gasteiger charge is -2.15. The quantitative estimate of drug-likeness (QED) is 0.721. The molecule has 0 saturated carbocycles. The highest BCUT2D eigenvalue weighted by atomic mass is 35.5. The van der Waals surface area contributed by atoms with Gasteiger partial charge in [0.05, 0.1) is 0 Å². The molecule has 108 valence electrons. The third-order valence-electron chi connectivity index (χ3n) is 3.29. The van der Waals surface area contributed by atoms with Gasteiger partial charge in [-0.15, -0.1) is 0 Å². The molecule has 2 aromatic carbocycles. The first-order chi connectivity index (χ1) is 10.1. The minimum Gasteiger partial charge on any atom is -0.356 e. The number of rotatable bonds is 4. The van der Waals surface area contributed by atoms with Crippen LogP contribution >= 0.6 is 11.6 Å². The molecule has 0 aliphatic rings. The second-order valence-electron chi connectivity index (χ2n) is 5.07. The van der Waals surface area contributed by atoms with Crippen LogP contribution in [-0.2, 0) is 13.1 Å². The number of hydrogen-bond acceptors (Lipinski definition) is 3. The van der Waals surface area contributed by atoms with Gasteiger partial charge in [0.15, 0.2) is 5.58 Å². The van der Waals surface area contributed by atoms with Gasteiger partial charge in [-0.05, 0) is 36.9 Å². The first-order valence-corrected chi connectivity index (χ1v) is 6.96. The summed E-state index contributed by atoms with van der Waals surface area (Å²) in [6.45, 7) is 1.40. The average molecular weight is 305 g/mol. The van der Waals surface area contributed by atoms with Gasteiger partial charge in [-0.1, -0.05) is 28.9 Å². The second-order valence-corrected chi connectivity index (χ2v) is 5.50. The lowest BCUT2D eigenvalue weighted by Crippen LogP contribution is -2.17. The minimum absolute atomic E-state index is 0.320. The number of nitrogens with zero attached hydrogens (tertiary/aromatic N) is 2. The highest BCUT2D eigenvalue weighted by Gasteiger charge is 2.11.